The first-order chi connectivity index (χ1) is 8.21. The van der Waals surface area contributed by atoms with Crippen LogP contribution in [0.15, 0.2) is 24.3 Å². The third kappa shape index (κ3) is 3.84. The number of likely N-dealkylation sites (N-methyl/N-ethyl adjacent to an activating group) is 1. The molecule has 0 fully saturated rings. The fraction of sp³-hybridized carbons (Fsp3) is 0.533. The Bertz CT molecular complexity index is 401. The van der Waals surface area contributed by atoms with Crippen molar-refractivity contribution in [1.29, 1.82) is 0 Å². The first-order valence-electron chi connectivity index (χ1n) is 6.35. The van der Waals surface area contributed by atoms with Gasteiger partial charge in [0.15, 0.2) is 0 Å². The largest absolute Gasteiger partial charge is 0.340 e. The van der Waals surface area contributed by atoms with Gasteiger partial charge in [-0.1, -0.05) is 38.1 Å². The zero-order valence-electron chi connectivity index (χ0n) is 12.0. The molecular formula is C15H24N2O. The molecular weight excluding hydrogens is 224 g/mol. The Morgan fingerprint density at radius 1 is 1.28 bits per heavy atom. The van der Waals surface area contributed by atoms with Crippen LogP contribution in [0.4, 0.5) is 0 Å². The summed E-state index contributed by atoms with van der Waals surface area (Å²) in [6.45, 7) is 8.39. The minimum absolute atomic E-state index is 0.0459. The molecule has 0 aliphatic rings. The molecule has 3 heteroatoms. The maximum absolute atomic E-state index is 11.9. The molecule has 1 aromatic carbocycles. The average molecular weight is 248 g/mol. The molecule has 0 saturated heterocycles. The molecule has 1 aromatic rings. The highest BCUT2D eigenvalue weighted by Crippen LogP contribution is 2.16. The van der Waals surface area contributed by atoms with E-state index in [1.807, 2.05) is 0 Å². The Hall–Kier alpha value is -1.35. The summed E-state index contributed by atoms with van der Waals surface area (Å²) >= 11 is 0. The van der Waals surface area contributed by atoms with Crippen molar-refractivity contribution in [3.05, 3.63) is 35.4 Å². The number of nitrogens with two attached hydrogens (primary N) is 1. The second-order valence-electron chi connectivity index (χ2n) is 5.78. The number of carbonyl (C=O) groups excluding carboxylic acids is 1. The lowest BCUT2D eigenvalue weighted by Crippen LogP contribution is -2.49. The first-order valence-corrected chi connectivity index (χ1v) is 6.35. The van der Waals surface area contributed by atoms with Crippen LogP contribution in [-0.4, -0.2) is 23.4 Å². The molecule has 2 N–H and O–H groups in total. The number of nitrogens with zero attached hydrogens (tertiary/aromatic N) is 1. The molecule has 18 heavy (non-hydrogen) atoms. The molecule has 0 spiro atoms. The predicted octanol–water partition coefficient (Wildman–Crippen LogP) is 2.51. The number of hydrogen-bond donors (Lipinski definition) is 1. The van der Waals surface area contributed by atoms with Gasteiger partial charge >= 0.3 is 0 Å². The van der Waals surface area contributed by atoms with Gasteiger partial charge in [0.05, 0.1) is 5.54 Å². The van der Waals surface area contributed by atoms with E-state index in [0.29, 0.717) is 12.5 Å². The van der Waals surface area contributed by atoms with Gasteiger partial charge in [-0.3, -0.25) is 4.79 Å². The summed E-state index contributed by atoms with van der Waals surface area (Å²) in [5.74, 6) is 0.483. The highest BCUT2D eigenvalue weighted by atomic mass is 16.2. The van der Waals surface area contributed by atoms with Gasteiger partial charge in [-0.2, -0.15) is 0 Å². The third-order valence-electron chi connectivity index (χ3n) is 2.96. The van der Waals surface area contributed by atoms with Crippen molar-refractivity contribution in [2.45, 2.75) is 45.7 Å². The maximum Gasteiger partial charge on any atom is 0.242 e. The molecule has 0 atom stereocenters. The van der Waals surface area contributed by atoms with E-state index in [0.717, 1.165) is 5.56 Å². The molecule has 3 nitrogen and oxygen atoms in total. The normalized spacial score (nSPS) is 11.7. The minimum Gasteiger partial charge on any atom is -0.340 e. The third-order valence-corrected chi connectivity index (χ3v) is 2.96. The molecule has 0 saturated carbocycles. The van der Waals surface area contributed by atoms with Crippen molar-refractivity contribution in [2.24, 2.45) is 5.73 Å². The highest BCUT2D eigenvalue weighted by Gasteiger charge is 2.25. The Morgan fingerprint density at radius 3 is 2.17 bits per heavy atom. The lowest BCUT2D eigenvalue weighted by atomic mass is 10.0. The molecule has 1 rings (SSSR count). The zero-order chi connectivity index (χ0) is 13.9. The summed E-state index contributed by atoms with van der Waals surface area (Å²) in [7, 11) is 1.79. The lowest BCUT2D eigenvalue weighted by Gasteiger charge is -2.26. The van der Waals surface area contributed by atoms with Crippen molar-refractivity contribution in [3.63, 3.8) is 0 Å². The summed E-state index contributed by atoms with van der Waals surface area (Å²) in [6, 6.07) is 8.38. The van der Waals surface area contributed by atoms with E-state index in [1.54, 1.807) is 25.8 Å². The Balaban J connectivity index is 2.71. The number of hydrogen-bond acceptors (Lipinski definition) is 2. The summed E-state index contributed by atoms with van der Waals surface area (Å²) in [5.41, 5.74) is 7.43. The summed E-state index contributed by atoms with van der Waals surface area (Å²) in [6.07, 6.45) is 0. The summed E-state index contributed by atoms with van der Waals surface area (Å²) in [4.78, 5) is 13.6. The summed E-state index contributed by atoms with van der Waals surface area (Å²) in [5, 5.41) is 0. The van der Waals surface area contributed by atoms with Gasteiger partial charge in [0.2, 0.25) is 5.91 Å². The van der Waals surface area contributed by atoms with E-state index in [2.05, 4.69) is 38.1 Å². The second-order valence-corrected chi connectivity index (χ2v) is 5.78. The Morgan fingerprint density at radius 2 is 1.78 bits per heavy atom. The van der Waals surface area contributed by atoms with Crippen molar-refractivity contribution >= 4 is 5.91 Å². The molecule has 0 aliphatic heterocycles. The fourth-order valence-corrected chi connectivity index (χ4v) is 1.85. The van der Waals surface area contributed by atoms with Gasteiger partial charge < -0.3 is 10.6 Å². The number of benzene rings is 1. The average Bonchev–Trinajstić information content (AvgIpc) is 2.27. The van der Waals surface area contributed by atoms with E-state index in [9.17, 15) is 4.79 Å². The van der Waals surface area contributed by atoms with Crippen LogP contribution in [0.3, 0.4) is 0 Å². The number of carbonyl (C=O) groups is 1. The smallest absolute Gasteiger partial charge is 0.242 e. The summed E-state index contributed by atoms with van der Waals surface area (Å²) < 4.78 is 0. The van der Waals surface area contributed by atoms with Gasteiger partial charge in [0, 0.05) is 13.6 Å². The molecule has 100 valence electrons. The standard InChI is InChI=1S/C15H24N2O/c1-11(2)13-8-6-12(7-9-13)10-17(5)14(18)15(3,4)16/h6-9,11H,10,16H2,1-5H3. The maximum atomic E-state index is 11.9. The van der Waals surface area contributed by atoms with Crippen molar-refractivity contribution < 1.29 is 4.79 Å². The van der Waals surface area contributed by atoms with Crippen molar-refractivity contribution in [3.8, 4) is 0 Å². The van der Waals surface area contributed by atoms with Gasteiger partial charge in [0.25, 0.3) is 0 Å². The van der Waals surface area contributed by atoms with Crippen molar-refractivity contribution in [2.75, 3.05) is 7.05 Å². The number of rotatable bonds is 4. The molecule has 0 radical (unpaired) electrons. The minimum atomic E-state index is -0.813. The van der Waals surface area contributed by atoms with Crippen LogP contribution in [0.25, 0.3) is 0 Å². The fourth-order valence-electron chi connectivity index (χ4n) is 1.85. The molecule has 0 heterocycles. The van der Waals surface area contributed by atoms with E-state index < -0.39 is 5.54 Å². The van der Waals surface area contributed by atoms with Crippen LogP contribution in [-0.2, 0) is 11.3 Å². The zero-order valence-corrected chi connectivity index (χ0v) is 12.0. The van der Waals surface area contributed by atoms with Crippen LogP contribution in [0, 0.1) is 0 Å². The van der Waals surface area contributed by atoms with Crippen molar-refractivity contribution in [1.82, 2.24) is 4.90 Å². The SMILES string of the molecule is CC(C)c1ccc(CN(C)C(=O)C(C)(C)N)cc1. The van der Waals surface area contributed by atoms with E-state index in [-0.39, 0.29) is 5.91 Å². The van der Waals surface area contributed by atoms with Gasteiger partial charge in [-0.05, 0) is 30.9 Å². The monoisotopic (exact) mass is 248 g/mol. The van der Waals surface area contributed by atoms with Crippen LogP contribution in [0.1, 0.15) is 44.7 Å². The molecule has 0 bridgehead atoms. The van der Waals surface area contributed by atoms with Gasteiger partial charge in [0.1, 0.15) is 0 Å². The lowest BCUT2D eigenvalue weighted by molar-refractivity contribution is -0.134. The molecule has 0 aromatic heterocycles. The quantitative estimate of drug-likeness (QED) is 0.890. The van der Waals surface area contributed by atoms with Crippen LogP contribution in [0.5, 0.6) is 0 Å². The first kappa shape index (κ1) is 14.7. The Labute approximate surface area is 110 Å². The van der Waals surface area contributed by atoms with Crippen LogP contribution < -0.4 is 5.73 Å². The predicted molar refractivity (Wildman–Crippen MR) is 75.3 cm³/mol. The topological polar surface area (TPSA) is 46.3 Å². The molecule has 1 amide bonds. The Kier molecular flexibility index (Phi) is 4.52. The number of amides is 1. The van der Waals surface area contributed by atoms with E-state index >= 15 is 0 Å². The molecule has 0 aliphatic carbocycles. The van der Waals surface area contributed by atoms with Crippen LogP contribution >= 0.6 is 0 Å². The van der Waals surface area contributed by atoms with Gasteiger partial charge in [-0.25, -0.2) is 0 Å². The molecule has 0 unspecified atom stereocenters. The van der Waals surface area contributed by atoms with Crippen LogP contribution in [0.2, 0.25) is 0 Å². The highest BCUT2D eigenvalue weighted by molar-refractivity contribution is 5.84. The van der Waals surface area contributed by atoms with Gasteiger partial charge in [-0.15, -0.1) is 0 Å². The van der Waals surface area contributed by atoms with E-state index in [4.69, 9.17) is 5.73 Å². The van der Waals surface area contributed by atoms with E-state index in [1.165, 1.54) is 5.56 Å². The second kappa shape index (κ2) is 5.53.